The molecule has 1 atom stereocenters. The summed E-state index contributed by atoms with van der Waals surface area (Å²) in [7, 11) is 3.06. The summed E-state index contributed by atoms with van der Waals surface area (Å²) >= 11 is 0. The van der Waals surface area contributed by atoms with Crippen molar-refractivity contribution in [3.63, 3.8) is 0 Å². The highest BCUT2D eigenvalue weighted by Gasteiger charge is 2.30. The van der Waals surface area contributed by atoms with Crippen LogP contribution < -0.4 is 9.64 Å². The predicted octanol–water partition coefficient (Wildman–Crippen LogP) is 2.60. The molecule has 0 unspecified atom stereocenters. The molecule has 0 bridgehead atoms. The number of hydrogen-bond donors (Lipinski definition) is 0. The number of ether oxygens (including phenoxy) is 2. The van der Waals surface area contributed by atoms with Crippen LogP contribution in [0.2, 0.25) is 0 Å². The molecule has 4 heteroatoms. The van der Waals surface area contributed by atoms with E-state index in [4.69, 9.17) is 9.47 Å². The van der Waals surface area contributed by atoms with Gasteiger partial charge in [-0.1, -0.05) is 6.07 Å². The minimum Gasteiger partial charge on any atom is -0.496 e. The van der Waals surface area contributed by atoms with Gasteiger partial charge in [0.15, 0.2) is 0 Å². The van der Waals surface area contributed by atoms with Crippen LogP contribution in [0.25, 0.3) is 0 Å². The number of amides is 1. The van der Waals surface area contributed by atoms with Gasteiger partial charge in [-0.15, -0.1) is 0 Å². The quantitative estimate of drug-likeness (QED) is 0.751. The number of hydrogen-bond acceptors (Lipinski definition) is 3. The number of carbonyl (C=O) groups excluding carboxylic acids is 1. The number of carbonyl (C=O) groups is 1. The third-order valence-electron chi connectivity index (χ3n) is 3.21. The standard InChI is InChI=1S/C13H17NO3/c1-9-7-8-10-11(14(9)13(15)17-3)5-4-6-12(10)16-2/h4-6,9H,7-8H2,1-3H3/t9-/m0/s1. The first-order valence-electron chi connectivity index (χ1n) is 5.72. The molecule has 0 N–H and O–H groups in total. The summed E-state index contributed by atoms with van der Waals surface area (Å²) < 4.78 is 10.2. The van der Waals surface area contributed by atoms with Crippen LogP contribution >= 0.6 is 0 Å². The van der Waals surface area contributed by atoms with Crippen molar-refractivity contribution in [1.29, 1.82) is 0 Å². The summed E-state index contributed by atoms with van der Waals surface area (Å²) in [6, 6.07) is 5.91. The van der Waals surface area contributed by atoms with E-state index in [1.54, 1.807) is 12.0 Å². The zero-order valence-corrected chi connectivity index (χ0v) is 10.4. The van der Waals surface area contributed by atoms with E-state index < -0.39 is 0 Å². The minimum atomic E-state index is -0.313. The first kappa shape index (κ1) is 11.8. The molecular weight excluding hydrogens is 218 g/mol. The second-order valence-electron chi connectivity index (χ2n) is 4.19. The summed E-state index contributed by atoms with van der Waals surface area (Å²) in [6.07, 6.45) is 1.53. The molecule has 0 saturated carbocycles. The number of nitrogens with zero attached hydrogens (tertiary/aromatic N) is 1. The second kappa shape index (κ2) is 4.65. The fourth-order valence-electron chi connectivity index (χ4n) is 2.32. The maximum Gasteiger partial charge on any atom is 0.414 e. The topological polar surface area (TPSA) is 38.8 Å². The molecule has 1 aliphatic heterocycles. The molecule has 0 saturated heterocycles. The Morgan fingerprint density at radius 2 is 2.18 bits per heavy atom. The van der Waals surface area contributed by atoms with E-state index in [9.17, 15) is 4.79 Å². The summed E-state index contributed by atoms with van der Waals surface area (Å²) in [6.45, 7) is 2.03. The Hall–Kier alpha value is -1.71. The third kappa shape index (κ3) is 1.95. The Morgan fingerprint density at radius 1 is 1.41 bits per heavy atom. The van der Waals surface area contributed by atoms with Gasteiger partial charge in [-0.3, -0.25) is 4.90 Å². The third-order valence-corrected chi connectivity index (χ3v) is 3.21. The largest absolute Gasteiger partial charge is 0.496 e. The Kier molecular flexibility index (Phi) is 3.22. The average molecular weight is 235 g/mol. The van der Waals surface area contributed by atoms with Crippen LogP contribution in [0.1, 0.15) is 18.9 Å². The van der Waals surface area contributed by atoms with E-state index in [1.807, 2.05) is 25.1 Å². The lowest BCUT2D eigenvalue weighted by atomic mass is 9.96. The molecule has 2 rings (SSSR count). The van der Waals surface area contributed by atoms with Gasteiger partial charge in [-0.25, -0.2) is 4.79 Å². The molecule has 0 fully saturated rings. The fourth-order valence-corrected chi connectivity index (χ4v) is 2.32. The van der Waals surface area contributed by atoms with Crippen LogP contribution in [0.3, 0.4) is 0 Å². The van der Waals surface area contributed by atoms with Crippen LogP contribution in [0.15, 0.2) is 18.2 Å². The number of rotatable bonds is 1. The van der Waals surface area contributed by atoms with Crippen LogP contribution in [-0.2, 0) is 11.2 Å². The van der Waals surface area contributed by atoms with Gasteiger partial charge in [-0.2, -0.15) is 0 Å². The molecular formula is C13H17NO3. The normalized spacial score (nSPS) is 18.5. The fraction of sp³-hybridized carbons (Fsp3) is 0.462. The second-order valence-corrected chi connectivity index (χ2v) is 4.19. The van der Waals surface area contributed by atoms with E-state index >= 15 is 0 Å². The predicted molar refractivity (Wildman–Crippen MR) is 65.7 cm³/mol. The molecule has 1 aromatic rings. The molecule has 0 radical (unpaired) electrons. The average Bonchev–Trinajstić information content (AvgIpc) is 2.36. The van der Waals surface area contributed by atoms with Gasteiger partial charge in [0.05, 0.1) is 19.9 Å². The Bertz CT molecular complexity index is 431. The van der Waals surface area contributed by atoms with Gasteiger partial charge in [0.2, 0.25) is 0 Å². The van der Waals surface area contributed by atoms with Gasteiger partial charge < -0.3 is 9.47 Å². The SMILES string of the molecule is COC(=O)N1c2cccc(OC)c2CC[C@@H]1C. The highest BCUT2D eigenvalue weighted by atomic mass is 16.5. The molecule has 0 aliphatic carbocycles. The Balaban J connectivity index is 2.48. The lowest BCUT2D eigenvalue weighted by Gasteiger charge is -2.34. The Labute approximate surface area is 101 Å². The van der Waals surface area contributed by atoms with Crippen molar-refractivity contribution < 1.29 is 14.3 Å². The van der Waals surface area contributed by atoms with E-state index in [-0.39, 0.29) is 12.1 Å². The van der Waals surface area contributed by atoms with Gasteiger partial charge in [0.1, 0.15) is 5.75 Å². The Morgan fingerprint density at radius 3 is 2.82 bits per heavy atom. The maximum atomic E-state index is 11.8. The first-order chi connectivity index (χ1) is 8.19. The number of benzene rings is 1. The van der Waals surface area contributed by atoms with Gasteiger partial charge in [0.25, 0.3) is 0 Å². The van der Waals surface area contributed by atoms with Crippen LogP contribution in [0.4, 0.5) is 10.5 Å². The monoisotopic (exact) mass is 235 g/mol. The summed E-state index contributed by atoms with van der Waals surface area (Å²) in [4.78, 5) is 13.5. The molecule has 4 nitrogen and oxygen atoms in total. The van der Waals surface area contributed by atoms with Crippen molar-refractivity contribution >= 4 is 11.8 Å². The lowest BCUT2D eigenvalue weighted by Crippen LogP contribution is -2.42. The molecule has 1 amide bonds. The van der Waals surface area contributed by atoms with Gasteiger partial charge in [0, 0.05) is 11.6 Å². The molecule has 92 valence electrons. The minimum absolute atomic E-state index is 0.155. The van der Waals surface area contributed by atoms with E-state index in [0.29, 0.717) is 0 Å². The number of anilines is 1. The number of methoxy groups -OCH3 is 2. The molecule has 0 aromatic heterocycles. The van der Waals surface area contributed by atoms with Crippen molar-refractivity contribution in [3.8, 4) is 5.75 Å². The first-order valence-corrected chi connectivity index (χ1v) is 5.72. The summed E-state index contributed by atoms with van der Waals surface area (Å²) in [5.41, 5.74) is 1.98. The molecule has 1 heterocycles. The molecule has 17 heavy (non-hydrogen) atoms. The van der Waals surface area contributed by atoms with Crippen molar-refractivity contribution in [2.45, 2.75) is 25.8 Å². The van der Waals surface area contributed by atoms with Crippen molar-refractivity contribution in [2.24, 2.45) is 0 Å². The summed E-state index contributed by atoms with van der Waals surface area (Å²) in [5.74, 6) is 0.836. The van der Waals surface area contributed by atoms with Crippen molar-refractivity contribution in [2.75, 3.05) is 19.1 Å². The zero-order chi connectivity index (χ0) is 12.4. The highest BCUT2D eigenvalue weighted by molar-refractivity contribution is 5.90. The smallest absolute Gasteiger partial charge is 0.414 e. The van der Waals surface area contributed by atoms with Crippen LogP contribution in [0, 0.1) is 0 Å². The highest BCUT2D eigenvalue weighted by Crippen LogP contribution is 2.36. The van der Waals surface area contributed by atoms with Crippen molar-refractivity contribution in [3.05, 3.63) is 23.8 Å². The van der Waals surface area contributed by atoms with Crippen molar-refractivity contribution in [1.82, 2.24) is 0 Å². The molecule has 1 aromatic carbocycles. The molecule has 1 aliphatic rings. The van der Waals surface area contributed by atoms with Gasteiger partial charge in [-0.05, 0) is 31.9 Å². The van der Waals surface area contributed by atoms with E-state index in [0.717, 1.165) is 29.8 Å². The lowest BCUT2D eigenvalue weighted by molar-refractivity contribution is 0.175. The van der Waals surface area contributed by atoms with Crippen LogP contribution in [0.5, 0.6) is 5.75 Å². The van der Waals surface area contributed by atoms with E-state index in [2.05, 4.69) is 0 Å². The summed E-state index contributed by atoms with van der Waals surface area (Å²) in [5, 5.41) is 0. The van der Waals surface area contributed by atoms with Crippen LogP contribution in [-0.4, -0.2) is 26.4 Å². The zero-order valence-electron chi connectivity index (χ0n) is 10.4. The maximum absolute atomic E-state index is 11.8. The number of fused-ring (bicyclic) bond motifs is 1. The molecule has 0 spiro atoms. The van der Waals surface area contributed by atoms with E-state index in [1.165, 1.54) is 7.11 Å². The van der Waals surface area contributed by atoms with Gasteiger partial charge >= 0.3 is 6.09 Å².